The Morgan fingerprint density at radius 3 is 2.89 bits per heavy atom. The molecule has 0 aliphatic carbocycles. The molecule has 96 valence electrons. The van der Waals surface area contributed by atoms with E-state index in [-0.39, 0.29) is 12.1 Å². The van der Waals surface area contributed by atoms with E-state index in [1.807, 2.05) is 0 Å². The number of ether oxygens (including phenoxy) is 1. The van der Waals surface area contributed by atoms with Crippen LogP contribution in [0.3, 0.4) is 0 Å². The molecule has 1 amide bonds. The van der Waals surface area contributed by atoms with E-state index in [0.717, 1.165) is 0 Å². The summed E-state index contributed by atoms with van der Waals surface area (Å²) in [6.07, 6.45) is 0.350. The first-order valence-electron chi connectivity index (χ1n) is 5.09. The second kappa shape index (κ2) is 6.33. The van der Waals surface area contributed by atoms with E-state index in [2.05, 4.69) is 10.1 Å². The molecule has 1 rings (SSSR count). The van der Waals surface area contributed by atoms with E-state index in [9.17, 15) is 19.7 Å². The summed E-state index contributed by atoms with van der Waals surface area (Å²) >= 11 is 0. The molecule has 0 aliphatic rings. The monoisotopic (exact) mass is 252 g/mol. The summed E-state index contributed by atoms with van der Waals surface area (Å²) in [7, 11) is 1.23. The highest BCUT2D eigenvalue weighted by Crippen LogP contribution is 2.21. The fourth-order valence-electron chi connectivity index (χ4n) is 1.46. The lowest BCUT2D eigenvalue weighted by Gasteiger charge is -2.14. The molecule has 0 saturated heterocycles. The van der Waals surface area contributed by atoms with E-state index >= 15 is 0 Å². The first-order valence-corrected chi connectivity index (χ1v) is 5.09. The Morgan fingerprint density at radius 2 is 2.33 bits per heavy atom. The Kier molecular flexibility index (Phi) is 4.79. The van der Waals surface area contributed by atoms with Crippen LogP contribution in [-0.2, 0) is 14.3 Å². The predicted molar refractivity (Wildman–Crippen MR) is 61.7 cm³/mol. The molecule has 1 aromatic carbocycles. The maximum absolute atomic E-state index is 11.2. The van der Waals surface area contributed by atoms with Crippen molar-refractivity contribution in [2.75, 3.05) is 7.11 Å². The van der Waals surface area contributed by atoms with Gasteiger partial charge in [0.25, 0.3) is 5.69 Å². The second-order valence-electron chi connectivity index (χ2n) is 3.47. The number of methoxy groups -OCH3 is 1. The van der Waals surface area contributed by atoms with E-state index < -0.39 is 16.9 Å². The maximum Gasteiger partial charge on any atom is 0.307 e. The molecule has 0 saturated carbocycles. The van der Waals surface area contributed by atoms with Crippen LogP contribution in [-0.4, -0.2) is 24.4 Å². The summed E-state index contributed by atoms with van der Waals surface area (Å²) in [4.78, 5) is 31.8. The number of nitrogens with zero attached hydrogens (tertiary/aromatic N) is 1. The lowest BCUT2D eigenvalue weighted by atomic mass is 10.0. The van der Waals surface area contributed by atoms with Gasteiger partial charge >= 0.3 is 5.97 Å². The van der Waals surface area contributed by atoms with Crippen LogP contribution in [0.4, 0.5) is 5.69 Å². The van der Waals surface area contributed by atoms with Gasteiger partial charge in [-0.3, -0.25) is 19.7 Å². The van der Waals surface area contributed by atoms with Gasteiger partial charge in [-0.2, -0.15) is 0 Å². The van der Waals surface area contributed by atoms with Crippen molar-refractivity contribution in [2.45, 2.75) is 12.5 Å². The van der Waals surface area contributed by atoms with Crippen molar-refractivity contribution in [3.8, 4) is 0 Å². The smallest absolute Gasteiger partial charge is 0.307 e. The fourth-order valence-corrected chi connectivity index (χ4v) is 1.46. The molecule has 1 aromatic rings. The number of nitrogens with one attached hydrogen (secondary N) is 1. The molecular weight excluding hydrogens is 240 g/mol. The molecule has 0 fully saturated rings. The number of rotatable bonds is 6. The van der Waals surface area contributed by atoms with E-state index in [1.165, 1.54) is 25.3 Å². The molecule has 1 unspecified atom stereocenters. The van der Waals surface area contributed by atoms with Crippen molar-refractivity contribution < 1.29 is 19.2 Å². The Bertz CT molecular complexity index is 461. The van der Waals surface area contributed by atoms with Crippen LogP contribution in [0.5, 0.6) is 0 Å². The Hall–Kier alpha value is -2.44. The number of benzene rings is 1. The highest BCUT2D eigenvalue weighted by molar-refractivity contribution is 5.71. The Balaban J connectivity index is 2.97. The topological polar surface area (TPSA) is 98.5 Å². The number of hydrogen-bond acceptors (Lipinski definition) is 5. The molecule has 0 heterocycles. The number of hydrogen-bond donors (Lipinski definition) is 1. The van der Waals surface area contributed by atoms with Crippen molar-refractivity contribution in [3.63, 3.8) is 0 Å². The highest BCUT2D eigenvalue weighted by atomic mass is 16.6. The van der Waals surface area contributed by atoms with Gasteiger partial charge in [0.1, 0.15) is 0 Å². The molecule has 0 bridgehead atoms. The SMILES string of the molecule is COC(=O)CC(NC=O)c1cccc([N+](=O)[O-])c1. The number of nitro benzene ring substituents is 1. The Morgan fingerprint density at radius 1 is 1.61 bits per heavy atom. The Labute approximate surface area is 103 Å². The first kappa shape index (κ1) is 13.6. The van der Waals surface area contributed by atoms with Crippen molar-refractivity contribution in [1.29, 1.82) is 0 Å². The largest absolute Gasteiger partial charge is 0.469 e. The molecule has 7 nitrogen and oxygen atoms in total. The van der Waals surface area contributed by atoms with Gasteiger partial charge in [-0.1, -0.05) is 12.1 Å². The molecule has 1 N–H and O–H groups in total. The third kappa shape index (κ3) is 3.55. The van der Waals surface area contributed by atoms with Gasteiger partial charge < -0.3 is 10.1 Å². The summed E-state index contributed by atoms with van der Waals surface area (Å²) < 4.78 is 4.50. The van der Waals surface area contributed by atoms with Gasteiger partial charge in [0.05, 0.1) is 24.5 Å². The summed E-state index contributed by atoms with van der Waals surface area (Å²) in [5.74, 6) is -0.513. The van der Waals surface area contributed by atoms with Crippen LogP contribution in [0, 0.1) is 10.1 Å². The van der Waals surface area contributed by atoms with Crippen LogP contribution >= 0.6 is 0 Å². The average Bonchev–Trinajstić information content (AvgIpc) is 2.38. The minimum atomic E-state index is -0.644. The van der Waals surface area contributed by atoms with Crippen LogP contribution in [0.15, 0.2) is 24.3 Å². The highest BCUT2D eigenvalue weighted by Gasteiger charge is 2.18. The van der Waals surface area contributed by atoms with E-state index in [4.69, 9.17) is 0 Å². The third-order valence-corrected chi connectivity index (χ3v) is 2.35. The summed E-state index contributed by atoms with van der Waals surface area (Å²) in [6.45, 7) is 0. The lowest BCUT2D eigenvalue weighted by Crippen LogP contribution is -2.23. The molecule has 18 heavy (non-hydrogen) atoms. The van der Waals surface area contributed by atoms with Gasteiger partial charge in [-0.25, -0.2) is 0 Å². The lowest BCUT2D eigenvalue weighted by molar-refractivity contribution is -0.384. The second-order valence-corrected chi connectivity index (χ2v) is 3.47. The van der Waals surface area contributed by atoms with E-state index in [0.29, 0.717) is 12.0 Å². The zero-order chi connectivity index (χ0) is 13.5. The summed E-state index contributed by atoms with van der Waals surface area (Å²) in [5, 5.41) is 13.1. The number of amides is 1. The summed E-state index contributed by atoms with van der Waals surface area (Å²) in [6, 6.07) is 5.08. The van der Waals surface area contributed by atoms with Crippen LogP contribution < -0.4 is 5.32 Å². The van der Waals surface area contributed by atoms with Crippen LogP contribution in [0.1, 0.15) is 18.0 Å². The number of carbonyl (C=O) groups excluding carboxylic acids is 2. The van der Waals surface area contributed by atoms with Crippen LogP contribution in [0.25, 0.3) is 0 Å². The zero-order valence-corrected chi connectivity index (χ0v) is 9.66. The third-order valence-electron chi connectivity index (χ3n) is 2.35. The van der Waals surface area contributed by atoms with Crippen LogP contribution in [0.2, 0.25) is 0 Å². The maximum atomic E-state index is 11.2. The number of carbonyl (C=O) groups is 2. The molecule has 0 aromatic heterocycles. The minimum absolute atomic E-state index is 0.0869. The van der Waals surface area contributed by atoms with Crippen molar-refractivity contribution in [1.82, 2.24) is 5.32 Å². The first-order chi connectivity index (χ1) is 8.58. The zero-order valence-electron chi connectivity index (χ0n) is 9.66. The number of esters is 1. The molecule has 0 spiro atoms. The van der Waals surface area contributed by atoms with Gasteiger partial charge in [0.15, 0.2) is 0 Å². The molecular formula is C11H12N2O5. The average molecular weight is 252 g/mol. The molecule has 0 aliphatic heterocycles. The van der Waals surface area contributed by atoms with Crippen molar-refractivity contribution >= 4 is 18.1 Å². The molecule has 7 heteroatoms. The normalized spacial score (nSPS) is 11.4. The quantitative estimate of drug-likeness (QED) is 0.351. The fraction of sp³-hybridized carbons (Fsp3) is 0.273. The molecule has 0 radical (unpaired) electrons. The summed E-state index contributed by atoms with van der Waals surface area (Å²) in [5.41, 5.74) is 0.372. The standard InChI is InChI=1S/C11H12N2O5/c1-18-11(15)6-10(12-7-14)8-3-2-4-9(5-8)13(16)17/h2-5,7,10H,6H2,1H3,(H,12,14). The minimum Gasteiger partial charge on any atom is -0.469 e. The number of nitro groups is 1. The van der Waals surface area contributed by atoms with Gasteiger partial charge in [0.2, 0.25) is 6.41 Å². The van der Waals surface area contributed by atoms with Crippen molar-refractivity contribution in [3.05, 3.63) is 39.9 Å². The van der Waals surface area contributed by atoms with E-state index in [1.54, 1.807) is 6.07 Å². The number of non-ortho nitro benzene ring substituents is 1. The predicted octanol–water partition coefficient (Wildman–Crippen LogP) is 0.945. The molecule has 1 atom stereocenters. The van der Waals surface area contributed by atoms with Crippen molar-refractivity contribution in [2.24, 2.45) is 0 Å². The van der Waals surface area contributed by atoms with Gasteiger partial charge in [-0.05, 0) is 5.56 Å². The van der Waals surface area contributed by atoms with Gasteiger partial charge in [0, 0.05) is 12.1 Å². The van der Waals surface area contributed by atoms with Gasteiger partial charge in [-0.15, -0.1) is 0 Å².